The Kier molecular flexibility index (Phi) is 5.59. The maximum absolute atomic E-state index is 13.2. The van der Waals surface area contributed by atoms with Crippen LogP contribution in [0, 0.1) is 19.7 Å². The first kappa shape index (κ1) is 20.2. The lowest BCUT2D eigenvalue weighted by molar-refractivity contribution is 0.0929. The van der Waals surface area contributed by atoms with Crippen LogP contribution in [-0.2, 0) is 4.74 Å². The van der Waals surface area contributed by atoms with Crippen LogP contribution < -0.4 is 10.2 Å². The summed E-state index contributed by atoms with van der Waals surface area (Å²) in [5, 5.41) is 3.75. The van der Waals surface area contributed by atoms with E-state index in [1.165, 1.54) is 12.1 Å². The SMILES string of the molecule is Cc1cc(C)c2c(N3CCOCC3)nc(C(=O)NC(C)c3ccc(F)cc3)nc2n1. The third-order valence-electron chi connectivity index (χ3n) is 5.20. The zero-order chi connectivity index (χ0) is 21.3. The monoisotopic (exact) mass is 409 g/mol. The number of anilines is 1. The Balaban J connectivity index is 1.71. The largest absolute Gasteiger partial charge is 0.378 e. The van der Waals surface area contributed by atoms with Gasteiger partial charge in [0.15, 0.2) is 5.65 Å². The molecule has 0 saturated carbocycles. The van der Waals surface area contributed by atoms with Crippen molar-refractivity contribution in [2.75, 3.05) is 31.2 Å². The van der Waals surface area contributed by atoms with Crippen LogP contribution in [0.25, 0.3) is 11.0 Å². The summed E-state index contributed by atoms with van der Waals surface area (Å²) in [5.74, 6) is 0.0506. The summed E-state index contributed by atoms with van der Waals surface area (Å²) in [4.78, 5) is 28.7. The maximum atomic E-state index is 13.2. The van der Waals surface area contributed by atoms with Gasteiger partial charge in [-0.2, -0.15) is 0 Å². The molecule has 1 fully saturated rings. The molecule has 1 saturated heterocycles. The Labute approximate surface area is 174 Å². The number of nitrogens with zero attached hydrogens (tertiary/aromatic N) is 4. The Bertz CT molecular complexity index is 1080. The molecule has 3 aromatic rings. The lowest BCUT2D eigenvalue weighted by Crippen LogP contribution is -2.38. The van der Waals surface area contributed by atoms with Crippen molar-refractivity contribution in [1.82, 2.24) is 20.3 Å². The van der Waals surface area contributed by atoms with E-state index >= 15 is 0 Å². The lowest BCUT2D eigenvalue weighted by Gasteiger charge is -2.29. The molecule has 8 heteroatoms. The highest BCUT2D eigenvalue weighted by molar-refractivity contribution is 5.97. The molecule has 0 bridgehead atoms. The van der Waals surface area contributed by atoms with E-state index in [9.17, 15) is 9.18 Å². The smallest absolute Gasteiger partial charge is 0.289 e. The fourth-order valence-electron chi connectivity index (χ4n) is 3.66. The first-order valence-electron chi connectivity index (χ1n) is 9.97. The lowest BCUT2D eigenvalue weighted by atomic mass is 10.1. The predicted molar refractivity (Wildman–Crippen MR) is 112 cm³/mol. The molecule has 1 aliphatic heterocycles. The number of hydrogen-bond donors (Lipinski definition) is 1. The Morgan fingerprint density at radius 2 is 1.83 bits per heavy atom. The molecule has 1 atom stereocenters. The number of benzene rings is 1. The summed E-state index contributed by atoms with van der Waals surface area (Å²) < 4.78 is 18.6. The minimum absolute atomic E-state index is 0.0652. The molecule has 1 aromatic carbocycles. The van der Waals surface area contributed by atoms with E-state index in [1.54, 1.807) is 12.1 Å². The van der Waals surface area contributed by atoms with Crippen LogP contribution in [0.3, 0.4) is 0 Å². The second-order valence-electron chi connectivity index (χ2n) is 7.50. The summed E-state index contributed by atoms with van der Waals surface area (Å²) in [6.45, 7) is 8.32. The van der Waals surface area contributed by atoms with Gasteiger partial charge < -0.3 is 15.0 Å². The molecular formula is C22H24FN5O2. The Morgan fingerprint density at radius 3 is 2.53 bits per heavy atom. The minimum Gasteiger partial charge on any atom is -0.378 e. The van der Waals surface area contributed by atoms with E-state index in [4.69, 9.17) is 4.74 Å². The Morgan fingerprint density at radius 1 is 1.13 bits per heavy atom. The fourth-order valence-corrected chi connectivity index (χ4v) is 3.66. The van der Waals surface area contributed by atoms with Crippen LogP contribution in [0.1, 0.15) is 40.4 Å². The zero-order valence-electron chi connectivity index (χ0n) is 17.3. The number of pyridine rings is 1. The van der Waals surface area contributed by atoms with E-state index in [0.717, 1.165) is 22.2 Å². The molecule has 0 spiro atoms. The molecule has 1 unspecified atom stereocenters. The van der Waals surface area contributed by atoms with E-state index in [1.807, 2.05) is 26.8 Å². The van der Waals surface area contributed by atoms with Crippen LogP contribution in [0.15, 0.2) is 30.3 Å². The molecule has 2 aromatic heterocycles. The average Bonchev–Trinajstić information content (AvgIpc) is 2.73. The number of aryl methyl sites for hydroxylation is 2. The van der Waals surface area contributed by atoms with Crippen LogP contribution in [-0.4, -0.2) is 47.2 Å². The van der Waals surface area contributed by atoms with Crippen molar-refractivity contribution in [3.8, 4) is 0 Å². The Hall–Kier alpha value is -3.13. The highest BCUT2D eigenvalue weighted by atomic mass is 19.1. The summed E-state index contributed by atoms with van der Waals surface area (Å²) in [6.07, 6.45) is 0. The van der Waals surface area contributed by atoms with Crippen molar-refractivity contribution in [3.63, 3.8) is 0 Å². The molecule has 156 valence electrons. The van der Waals surface area contributed by atoms with Crippen LogP contribution in [0.5, 0.6) is 0 Å². The summed E-state index contributed by atoms with van der Waals surface area (Å²) in [7, 11) is 0. The van der Waals surface area contributed by atoms with Gasteiger partial charge in [0.1, 0.15) is 11.6 Å². The summed E-state index contributed by atoms with van der Waals surface area (Å²) >= 11 is 0. The number of nitrogens with one attached hydrogen (secondary N) is 1. The predicted octanol–water partition coefficient (Wildman–Crippen LogP) is 3.11. The van der Waals surface area contributed by atoms with Gasteiger partial charge >= 0.3 is 0 Å². The van der Waals surface area contributed by atoms with Gasteiger partial charge in [-0.1, -0.05) is 12.1 Å². The van der Waals surface area contributed by atoms with Crippen molar-refractivity contribution < 1.29 is 13.9 Å². The van der Waals surface area contributed by atoms with Gasteiger partial charge in [-0.25, -0.2) is 19.3 Å². The van der Waals surface area contributed by atoms with Crippen molar-refractivity contribution in [2.45, 2.75) is 26.8 Å². The maximum Gasteiger partial charge on any atom is 0.289 e. The normalized spacial score (nSPS) is 15.3. The fraction of sp³-hybridized carbons (Fsp3) is 0.364. The molecule has 0 aliphatic carbocycles. The first-order valence-corrected chi connectivity index (χ1v) is 9.97. The van der Waals surface area contributed by atoms with Gasteiger partial charge in [0, 0.05) is 18.8 Å². The number of rotatable bonds is 4. The van der Waals surface area contributed by atoms with Gasteiger partial charge in [0.25, 0.3) is 5.91 Å². The molecule has 0 radical (unpaired) electrons. The third kappa shape index (κ3) is 4.09. The molecule has 1 N–H and O–H groups in total. The number of amides is 1. The number of carbonyl (C=O) groups is 1. The zero-order valence-corrected chi connectivity index (χ0v) is 17.3. The second-order valence-corrected chi connectivity index (χ2v) is 7.50. The van der Waals surface area contributed by atoms with Gasteiger partial charge in [-0.3, -0.25) is 4.79 Å². The number of hydrogen-bond acceptors (Lipinski definition) is 6. The van der Waals surface area contributed by atoms with Crippen LogP contribution in [0.2, 0.25) is 0 Å². The van der Waals surface area contributed by atoms with Gasteiger partial charge in [-0.15, -0.1) is 0 Å². The molecule has 4 rings (SSSR count). The van der Waals surface area contributed by atoms with Crippen molar-refractivity contribution >= 4 is 22.8 Å². The highest BCUT2D eigenvalue weighted by Gasteiger charge is 2.23. The number of fused-ring (bicyclic) bond motifs is 1. The highest BCUT2D eigenvalue weighted by Crippen LogP contribution is 2.27. The molecule has 1 aliphatic rings. The number of halogens is 1. The topological polar surface area (TPSA) is 80.2 Å². The number of carbonyl (C=O) groups excluding carboxylic acids is 1. The van der Waals surface area contributed by atoms with E-state index < -0.39 is 5.91 Å². The van der Waals surface area contributed by atoms with Gasteiger partial charge in [0.2, 0.25) is 5.82 Å². The second kappa shape index (κ2) is 8.31. The van der Waals surface area contributed by atoms with Gasteiger partial charge in [0.05, 0.1) is 24.6 Å². The molecule has 7 nitrogen and oxygen atoms in total. The molecule has 1 amide bonds. The third-order valence-corrected chi connectivity index (χ3v) is 5.20. The first-order chi connectivity index (χ1) is 14.4. The van der Waals surface area contributed by atoms with Crippen molar-refractivity contribution in [2.24, 2.45) is 0 Å². The van der Waals surface area contributed by atoms with E-state index in [2.05, 4.69) is 25.2 Å². The number of aromatic nitrogens is 3. The van der Waals surface area contributed by atoms with Crippen LogP contribution >= 0.6 is 0 Å². The molecule has 30 heavy (non-hydrogen) atoms. The summed E-state index contributed by atoms with van der Waals surface area (Å²) in [6, 6.07) is 7.71. The quantitative estimate of drug-likeness (QED) is 0.713. The number of morpholine rings is 1. The van der Waals surface area contributed by atoms with Gasteiger partial charge in [-0.05, 0) is 50.1 Å². The molecule has 3 heterocycles. The summed E-state index contributed by atoms with van der Waals surface area (Å²) in [5.41, 5.74) is 3.15. The minimum atomic E-state index is -0.399. The molecular weight excluding hydrogens is 385 g/mol. The standard InChI is InChI=1S/C22H24FN5O2/c1-13-12-14(2)24-19-18(13)21(28-8-10-30-11-9-28)27-20(26-19)22(29)25-15(3)16-4-6-17(23)7-5-16/h4-7,12,15H,8-11H2,1-3H3,(H,25,29). The van der Waals surface area contributed by atoms with Crippen LogP contribution in [0.4, 0.5) is 10.2 Å². The van der Waals surface area contributed by atoms with Crippen molar-refractivity contribution in [1.29, 1.82) is 0 Å². The average molecular weight is 409 g/mol. The number of ether oxygens (including phenoxy) is 1. The van der Waals surface area contributed by atoms with E-state index in [-0.39, 0.29) is 17.7 Å². The van der Waals surface area contributed by atoms with Crippen molar-refractivity contribution in [3.05, 3.63) is 58.8 Å². The van der Waals surface area contributed by atoms with E-state index in [0.29, 0.717) is 37.8 Å².